The Bertz CT molecular complexity index is 954. The first-order valence-electron chi connectivity index (χ1n) is 10.4. The Kier molecular flexibility index (Phi) is 7.49. The monoisotopic (exact) mass is 406 g/mol. The van der Waals surface area contributed by atoms with Gasteiger partial charge in [0.15, 0.2) is 0 Å². The number of aryl methyl sites for hydroxylation is 3. The highest BCUT2D eigenvalue weighted by molar-refractivity contribution is 5.90. The molecule has 2 aromatic carbocycles. The van der Waals surface area contributed by atoms with E-state index in [1.54, 1.807) is 12.5 Å². The van der Waals surface area contributed by atoms with Gasteiger partial charge in [0.05, 0.1) is 19.5 Å². The van der Waals surface area contributed by atoms with Gasteiger partial charge < -0.3 is 19.5 Å². The average molecular weight is 407 g/mol. The first-order valence-corrected chi connectivity index (χ1v) is 10.4. The number of nitrogens with zero attached hydrogens (tertiary/aromatic N) is 3. The lowest BCUT2D eigenvalue weighted by Crippen LogP contribution is -2.36. The first-order chi connectivity index (χ1) is 14.6. The van der Waals surface area contributed by atoms with Crippen molar-refractivity contribution in [1.82, 2.24) is 14.5 Å². The summed E-state index contributed by atoms with van der Waals surface area (Å²) in [6.45, 7) is 8.49. The van der Waals surface area contributed by atoms with Gasteiger partial charge in [0.25, 0.3) is 0 Å². The Labute approximate surface area is 178 Å². The van der Waals surface area contributed by atoms with Crippen molar-refractivity contribution >= 4 is 11.7 Å². The number of ether oxygens (including phenoxy) is 1. The quantitative estimate of drug-likeness (QED) is 0.543. The van der Waals surface area contributed by atoms with Crippen molar-refractivity contribution in [2.75, 3.05) is 18.5 Å². The van der Waals surface area contributed by atoms with Crippen LogP contribution in [0.2, 0.25) is 0 Å². The second kappa shape index (κ2) is 10.5. The Morgan fingerprint density at radius 3 is 2.80 bits per heavy atom. The molecule has 0 saturated heterocycles. The van der Waals surface area contributed by atoms with E-state index in [9.17, 15) is 4.79 Å². The molecule has 1 N–H and O–H groups in total. The number of hydrogen-bond donors (Lipinski definition) is 1. The third kappa shape index (κ3) is 5.86. The van der Waals surface area contributed by atoms with Crippen LogP contribution in [-0.2, 0) is 13.1 Å². The number of anilines is 1. The number of urea groups is 1. The molecule has 158 valence electrons. The number of hydrogen-bond acceptors (Lipinski definition) is 3. The molecule has 0 spiro atoms. The molecule has 0 radical (unpaired) electrons. The SMILES string of the molecule is CCOc1ccccc1CN(CCCn1ccnc1)C(=O)Nc1cc(C)ccc1C. The standard InChI is InChI=1S/C24H30N4O2/c1-4-30-23-9-6-5-8-21(23)17-28(14-7-13-27-15-12-25-18-27)24(29)26-22-16-19(2)10-11-20(22)3/h5-6,8-12,15-16,18H,4,7,13-14,17H2,1-3H3,(H,26,29). The summed E-state index contributed by atoms with van der Waals surface area (Å²) in [5.41, 5.74) is 4.00. The van der Waals surface area contributed by atoms with Gasteiger partial charge in [0.1, 0.15) is 5.75 Å². The van der Waals surface area contributed by atoms with Gasteiger partial charge in [-0.3, -0.25) is 0 Å². The van der Waals surface area contributed by atoms with Gasteiger partial charge in [-0.25, -0.2) is 9.78 Å². The fraction of sp³-hybridized carbons (Fsp3) is 0.333. The van der Waals surface area contributed by atoms with Crippen LogP contribution in [0.5, 0.6) is 5.75 Å². The van der Waals surface area contributed by atoms with Crippen molar-refractivity contribution in [2.24, 2.45) is 0 Å². The highest BCUT2D eigenvalue weighted by Crippen LogP contribution is 2.22. The minimum Gasteiger partial charge on any atom is -0.494 e. The maximum Gasteiger partial charge on any atom is 0.322 e. The zero-order chi connectivity index (χ0) is 21.3. The van der Waals surface area contributed by atoms with E-state index in [1.165, 1.54) is 0 Å². The predicted molar refractivity (Wildman–Crippen MR) is 120 cm³/mol. The molecule has 0 aliphatic carbocycles. The molecule has 1 aromatic heterocycles. The van der Waals surface area contributed by atoms with E-state index in [-0.39, 0.29) is 6.03 Å². The number of benzene rings is 2. The number of rotatable bonds is 9. The molecule has 0 saturated carbocycles. The topological polar surface area (TPSA) is 59.4 Å². The molecule has 0 fully saturated rings. The Balaban J connectivity index is 1.75. The van der Waals surface area contributed by atoms with Crippen molar-refractivity contribution < 1.29 is 9.53 Å². The number of carbonyl (C=O) groups is 1. The fourth-order valence-corrected chi connectivity index (χ4v) is 3.32. The minimum atomic E-state index is -0.111. The van der Waals surface area contributed by atoms with Crippen molar-refractivity contribution in [3.8, 4) is 5.75 Å². The van der Waals surface area contributed by atoms with Crippen LogP contribution >= 0.6 is 0 Å². The normalized spacial score (nSPS) is 10.6. The summed E-state index contributed by atoms with van der Waals surface area (Å²) in [6.07, 6.45) is 6.33. The molecular formula is C24H30N4O2. The molecule has 2 amide bonds. The second-order valence-electron chi connectivity index (χ2n) is 7.36. The van der Waals surface area contributed by atoms with E-state index in [2.05, 4.69) is 10.3 Å². The third-order valence-corrected chi connectivity index (χ3v) is 4.96. The van der Waals surface area contributed by atoms with Gasteiger partial charge >= 0.3 is 6.03 Å². The summed E-state index contributed by atoms with van der Waals surface area (Å²) in [5, 5.41) is 3.09. The van der Waals surface area contributed by atoms with E-state index in [4.69, 9.17) is 4.74 Å². The number of para-hydroxylation sites is 1. The van der Waals surface area contributed by atoms with Crippen molar-refractivity contribution in [3.05, 3.63) is 77.9 Å². The van der Waals surface area contributed by atoms with E-state index >= 15 is 0 Å². The number of nitrogens with one attached hydrogen (secondary N) is 1. The molecule has 30 heavy (non-hydrogen) atoms. The van der Waals surface area contributed by atoms with Gasteiger partial charge in [0.2, 0.25) is 0 Å². The number of aromatic nitrogens is 2. The summed E-state index contributed by atoms with van der Waals surface area (Å²) in [5.74, 6) is 0.819. The summed E-state index contributed by atoms with van der Waals surface area (Å²) in [4.78, 5) is 19.1. The Morgan fingerprint density at radius 2 is 2.03 bits per heavy atom. The van der Waals surface area contributed by atoms with Crippen LogP contribution < -0.4 is 10.1 Å². The largest absolute Gasteiger partial charge is 0.494 e. The predicted octanol–water partition coefficient (Wildman–Crippen LogP) is 5.02. The summed E-state index contributed by atoms with van der Waals surface area (Å²) >= 11 is 0. The lowest BCUT2D eigenvalue weighted by atomic mass is 10.1. The average Bonchev–Trinajstić information content (AvgIpc) is 3.25. The smallest absolute Gasteiger partial charge is 0.322 e. The summed E-state index contributed by atoms with van der Waals surface area (Å²) < 4.78 is 7.79. The van der Waals surface area contributed by atoms with E-state index < -0.39 is 0 Å². The maximum absolute atomic E-state index is 13.2. The molecule has 0 aliphatic heterocycles. The fourth-order valence-electron chi connectivity index (χ4n) is 3.32. The summed E-state index contributed by atoms with van der Waals surface area (Å²) in [6, 6.07) is 13.9. The lowest BCUT2D eigenvalue weighted by Gasteiger charge is -2.25. The number of carbonyl (C=O) groups excluding carboxylic acids is 1. The molecule has 0 atom stereocenters. The van der Waals surface area contributed by atoms with Crippen molar-refractivity contribution in [1.29, 1.82) is 0 Å². The van der Waals surface area contributed by atoms with Crippen LogP contribution in [0.1, 0.15) is 30.0 Å². The second-order valence-corrected chi connectivity index (χ2v) is 7.36. The highest BCUT2D eigenvalue weighted by Gasteiger charge is 2.17. The zero-order valence-electron chi connectivity index (χ0n) is 18.0. The van der Waals surface area contributed by atoms with Crippen LogP contribution in [0.15, 0.2) is 61.2 Å². The highest BCUT2D eigenvalue weighted by atomic mass is 16.5. The Hall–Kier alpha value is -3.28. The molecule has 0 unspecified atom stereocenters. The van der Waals surface area contributed by atoms with Crippen molar-refractivity contribution in [3.63, 3.8) is 0 Å². The molecule has 0 aliphatic rings. The van der Waals surface area contributed by atoms with Crippen LogP contribution in [0.3, 0.4) is 0 Å². The van der Waals surface area contributed by atoms with Gasteiger partial charge in [-0.05, 0) is 50.5 Å². The van der Waals surface area contributed by atoms with Gasteiger partial charge in [-0.1, -0.05) is 30.3 Å². The van der Waals surface area contributed by atoms with Gasteiger partial charge in [0, 0.05) is 36.7 Å². The maximum atomic E-state index is 13.2. The van der Waals surface area contributed by atoms with Crippen molar-refractivity contribution in [2.45, 2.75) is 40.3 Å². The van der Waals surface area contributed by atoms with Gasteiger partial charge in [-0.15, -0.1) is 0 Å². The number of imidazole rings is 1. The molecular weight excluding hydrogens is 376 g/mol. The minimum absolute atomic E-state index is 0.111. The van der Waals surface area contributed by atoms with E-state index in [1.807, 2.05) is 78.9 Å². The zero-order valence-corrected chi connectivity index (χ0v) is 18.0. The molecule has 3 rings (SSSR count). The van der Waals surface area contributed by atoms with Gasteiger partial charge in [-0.2, -0.15) is 0 Å². The molecule has 0 bridgehead atoms. The molecule has 6 nitrogen and oxygen atoms in total. The van der Waals surface area contributed by atoms with Crippen LogP contribution in [0, 0.1) is 13.8 Å². The molecule has 1 heterocycles. The molecule has 6 heteroatoms. The molecule has 3 aromatic rings. The summed E-state index contributed by atoms with van der Waals surface area (Å²) in [7, 11) is 0. The third-order valence-electron chi connectivity index (χ3n) is 4.96. The van der Waals surface area contributed by atoms with Crippen LogP contribution in [-0.4, -0.2) is 33.6 Å². The van der Waals surface area contributed by atoms with Crippen LogP contribution in [0.4, 0.5) is 10.5 Å². The number of amides is 2. The van der Waals surface area contributed by atoms with E-state index in [0.29, 0.717) is 19.7 Å². The Morgan fingerprint density at radius 1 is 1.20 bits per heavy atom. The van der Waals surface area contributed by atoms with Crippen LogP contribution in [0.25, 0.3) is 0 Å². The van der Waals surface area contributed by atoms with E-state index in [0.717, 1.165) is 41.1 Å². The first kappa shape index (κ1) is 21.4. The lowest BCUT2D eigenvalue weighted by molar-refractivity contribution is 0.206.